The molecule has 0 aliphatic rings. The van der Waals surface area contributed by atoms with Crippen LogP contribution in [0.4, 0.5) is 0 Å². The fourth-order valence-corrected chi connectivity index (χ4v) is 1.13. The lowest BCUT2D eigenvalue weighted by molar-refractivity contribution is -0.148. The van der Waals surface area contributed by atoms with Crippen LogP contribution in [0.5, 0.6) is 0 Å². The van der Waals surface area contributed by atoms with Crippen LogP contribution in [0.2, 0.25) is 0 Å². The number of ketones is 1. The van der Waals surface area contributed by atoms with Crippen molar-refractivity contribution in [3.05, 3.63) is 23.8 Å². The van der Waals surface area contributed by atoms with Gasteiger partial charge in [0.25, 0.3) is 0 Å². The van der Waals surface area contributed by atoms with E-state index in [4.69, 9.17) is 9.47 Å². The summed E-state index contributed by atoms with van der Waals surface area (Å²) in [6.45, 7) is 8.04. The summed E-state index contributed by atoms with van der Waals surface area (Å²) in [5.74, 6) is -1.56. The molecule has 0 aliphatic heterocycles. The minimum absolute atomic E-state index is 0.0353. The summed E-state index contributed by atoms with van der Waals surface area (Å²) in [5.41, 5.74) is 0.312. The molecule has 0 aromatic rings. The highest BCUT2D eigenvalue weighted by atomic mass is 16.6. The number of Topliss-reactive ketones (excluding diaryl/α,β-unsaturated/α-hetero) is 1. The molecular formula is C14H20O5. The Labute approximate surface area is 113 Å². The van der Waals surface area contributed by atoms with Crippen LogP contribution in [-0.4, -0.2) is 30.9 Å². The minimum atomic E-state index is -0.688. The third-order valence-electron chi connectivity index (χ3n) is 2.13. The Morgan fingerprint density at radius 1 is 1.05 bits per heavy atom. The van der Waals surface area contributed by atoms with Gasteiger partial charge in [0.15, 0.2) is 5.78 Å². The van der Waals surface area contributed by atoms with Gasteiger partial charge in [0.1, 0.15) is 13.2 Å². The fourth-order valence-electron chi connectivity index (χ4n) is 1.13. The molecule has 0 saturated carbocycles. The van der Waals surface area contributed by atoms with Gasteiger partial charge in [-0.2, -0.15) is 0 Å². The second-order valence-corrected chi connectivity index (χ2v) is 4.01. The van der Waals surface area contributed by atoms with Crippen molar-refractivity contribution in [1.82, 2.24) is 0 Å². The van der Waals surface area contributed by atoms with Gasteiger partial charge in [-0.05, 0) is 20.3 Å². The van der Waals surface area contributed by atoms with Crippen molar-refractivity contribution in [3.8, 4) is 0 Å². The van der Waals surface area contributed by atoms with E-state index in [2.05, 4.69) is 6.58 Å². The molecule has 0 atom stereocenters. The first kappa shape index (κ1) is 17.1. The van der Waals surface area contributed by atoms with Crippen LogP contribution in [0.1, 0.15) is 33.6 Å². The summed E-state index contributed by atoms with van der Waals surface area (Å²) in [4.78, 5) is 33.9. The van der Waals surface area contributed by atoms with E-state index < -0.39 is 11.9 Å². The van der Waals surface area contributed by atoms with Crippen molar-refractivity contribution in [2.24, 2.45) is 0 Å². The van der Waals surface area contributed by atoms with Crippen LogP contribution >= 0.6 is 0 Å². The van der Waals surface area contributed by atoms with Gasteiger partial charge >= 0.3 is 11.9 Å². The van der Waals surface area contributed by atoms with Gasteiger partial charge in [0.2, 0.25) is 0 Å². The Balaban J connectivity index is 4.18. The summed E-state index contributed by atoms with van der Waals surface area (Å²) >= 11 is 0. The number of hydrogen-bond donors (Lipinski definition) is 0. The molecule has 0 N–H and O–H groups in total. The van der Waals surface area contributed by atoms with Gasteiger partial charge in [0, 0.05) is 5.57 Å². The maximum Gasteiger partial charge on any atom is 0.341 e. The molecule has 0 aliphatic carbocycles. The van der Waals surface area contributed by atoms with E-state index in [1.807, 2.05) is 6.92 Å². The van der Waals surface area contributed by atoms with Crippen molar-refractivity contribution in [2.45, 2.75) is 33.6 Å². The average Bonchev–Trinajstić information content (AvgIpc) is 2.34. The molecule has 0 spiro atoms. The SMILES string of the molecule is C=C(C)C(=O)OCCOC(=O)C(=CCCC)C(C)=O. The highest BCUT2D eigenvalue weighted by Crippen LogP contribution is 2.04. The van der Waals surface area contributed by atoms with Crippen molar-refractivity contribution < 1.29 is 23.9 Å². The van der Waals surface area contributed by atoms with Gasteiger partial charge in [-0.1, -0.05) is 26.0 Å². The lowest BCUT2D eigenvalue weighted by Gasteiger charge is -2.07. The number of carbonyl (C=O) groups excluding carboxylic acids is 3. The molecular weight excluding hydrogens is 248 g/mol. The monoisotopic (exact) mass is 268 g/mol. The molecule has 5 nitrogen and oxygen atoms in total. The second-order valence-electron chi connectivity index (χ2n) is 4.01. The molecule has 5 heteroatoms. The van der Waals surface area contributed by atoms with Crippen LogP contribution in [0.25, 0.3) is 0 Å². The summed E-state index contributed by atoms with van der Waals surface area (Å²) in [6, 6.07) is 0. The molecule has 106 valence electrons. The number of hydrogen-bond acceptors (Lipinski definition) is 5. The number of rotatable bonds is 8. The predicted octanol–water partition coefficient (Wildman–Crippen LogP) is 1.96. The van der Waals surface area contributed by atoms with E-state index >= 15 is 0 Å². The Morgan fingerprint density at radius 3 is 2.00 bits per heavy atom. The molecule has 0 radical (unpaired) electrons. The van der Waals surface area contributed by atoms with E-state index in [1.165, 1.54) is 13.8 Å². The van der Waals surface area contributed by atoms with Gasteiger partial charge in [-0.25, -0.2) is 9.59 Å². The first-order valence-electron chi connectivity index (χ1n) is 6.11. The zero-order valence-corrected chi connectivity index (χ0v) is 11.7. The summed E-state index contributed by atoms with van der Waals surface area (Å²) in [5, 5.41) is 0. The molecule has 0 aromatic heterocycles. The van der Waals surface area contributed by atoms with E-state index in [0.29, 0.717) is 6.42 Å². The van der Waals surface area contributed by atoms with Crippen molar-refractivity contribution in [1.29, 1.82) is 0 Å². The highest BCUT2D eigenvalue weighted by Gasteiger charge is 2.15. The highest BCUT2D eigenvalue weighted by molar-refractivity contribution is 6.16. The first-order valence-corrected chi connectivity index (χ1v) is 6.11. The van der Waals surface area contributed by atoms with E-state index in [0.717, 1.165) is 6.42 Å². The molecule has 0 rings (SSSR count). The summed E-state index contributed by atoms with van der Waals surface area (Å²) in [7, 11) is 0. The Morgan fingerprint density at radius 2 is 1.58 bits per heavy atom. The standard InChI is InChI=1S/C14H20O5/c1-5-6-7-12(11(4)15)14(17)19-9-8-18-13(16)10(2)3/h7H,2,5-6,8-9H2,1,3-4H3. The molecule has 0 amide bonds. The minimum Gasteiger partial charge on any atom is -0.459 e. The number of allylic oxidation sites excluding steroid dienone is 1. The Kier molecular flexibility index (Phi) is 8.17. The third-order valence-corrected chi connectivity index (χ3v) is 2.13. The zero-order chi connectivity index (χ0) is 14.8. The van der Waals surface area contributed by atoms with Crippen LogP contribution in [0, 0.1) is 0 Å². The maximum atomic E-state index is 11.6. The van der Waals surface area contributed by atoms with Crippen LogP contribution in [0.15, 0.2) is 23.8 Å². The molecule has 0 bridgehead atoms. The zero-order valence-electron chi connectivity index (χ0n) is 11.7. The lowest BCUT2D eigenvalue weighted by atomic mass is 10.1. The quantitative estimate of drug-likeness (QED) is 0.221. The van der Waals surface area contributed by atoms with Crippen LogP contribution in [-0.2, 0) is 23.9 Å². The van der Waals surface area contributed by atoms with E-state index in [-0.39, 0.29) is 30.1 Å². The molecule has 19 heavy (non-hydrogen) atoms. The maximum absolute atomic E-state index is 11.6. The predicted molar refractivity (Wildman–Crippen MR) is 70.4 cm³/mol. The number of ether oxygens (including phenoxy) is 2. The van der Waals surface area contributed by atoms with Crippen LogP contribution in [0.3, 0.4) is 0 Å². The third kappa shape index (κ3) is 7.18. The van der Waals surface area contributed by atoms with Crippen molar-refractivity contribution in [2.75, 3.05) is 13.2 Å². The topological polar surface area (TPSA) is 69.7 Å². The Hall–Kier alpha value is -1.91. The van der Waals surface area contributed by atoms with Crippen molar-refractivity contribution in [3.63, 3.8) is 0 Å². The molecule has 0 unspecified atom stereocenters. The van der Waals surface area contributed by atoms with Gasteiger partial charge in [-0.3, -0.25) is 4.79 Å². The number of esters is 2. The Bertz CT molecular complexity index is 393. The molecule has 0 fully saturated rings. The van der Waals surface area contributed by atoms with Gasteiger partial charge in [0.05, 0.1) is 5.57 Å². The van der Waals surface area contributed by atoms with Gasteiger partial charge in [-0.15, -0.1) is 0 Å². The fraction of sp³-hybridized carbons (Fsp3) is 0.500. The van der Waals surface area contributed by atoms with Crippen molar-refractivity contribution >= 4 is 17.7 Å². The number of carbonyl (C=O) groups is 3. The molecule has 0 aromatic carbocycles. The second kappa shape index (κ2) is 9.08. The van der Waals surface area contributed by atoms with Gasteiger partial charge < -0.3 is 9.47 Å². The lowest BCUT2D eigenvalue weighted by Crippen LogP contribution is -2.18. The summed E-state index contributed by atoms with van der Waals surface area (Å²) < 4.78 is 9.61. The average molecular weight is 268 g/mol. The van der Waals surface area contributed by atoms with Crippen LogP contribution < -0.4 is 0 Å². The van der Waals surface area contributed by atoms with E-state index in [9.17, 15) is 14.4 Å². The van der Waals surface area contributed by atoms with E-state index in [1.54, 1.807) is 6.08 Å². The summed E-state index contributed by atoms with van der Waals surface area (Å²) in [6.07, 6.45) is 3.03. The molecule has 0 heterocycles. The molecule has 0 saturated heterocycles. The smallest absolute Gasteiger partial charge is 0.341 e. The normalized spacial score (nSPS) is 10.8. The largest absolute Gasteiger partial charge is 0.459 e. The first-order chi connectivity index (χ1) is 8.90. The number of unbranched alkanes of at least 4 members (excludes halogenated alkanes) is 1.